The van der Waals surface area contributed by atoms with Gasteiger partial charge in [0, 0.05) is 6.42 Å². The lowest BCUT2D eigenvalue weighted by molar-refractivity contribution is -0.379. The SMILES string of the molecule is CC/C=C\C/C=C\C/C=C\C/C=C\CCCCCCCCCCCCCCCCCCCCC(=O)NC(COC1OC(CO)C(OC2OC(CO)C(OC3OC(CO)C(O)C(O)C3O)C(O)C2O)C(O)C1O)C(O)/C=C/CC/C=C/CC/C=C/CCCCCCCCCCCCCCCCCCCCCC. The van der Waals surface area contributed by atoms with E-state index in [1.54, 1.807) is 6.08 Å². The van der Waals surface area contributed by atoms with Crippen LogP contribution >= 0.6 is 0 Å². The van der Waals surface area contributed by atoms with Gasteiger partial charge in [0.15, 0.2) is 18.9 Å². The van der Waals surface area contributed by atoms with Crippen molar-refractivity contribution in [3.8, 4) is 0 Å². The Balaban J connectivity index is 1.37. The third kappa shape index (κ3) is 45.5. The molecule has 3 aliphatic heterocycles. The summed E-state index contributed by atoms with van der Waals surface area (Å²) < 4.78 is 34.5. The predicted octanol–water partition coefficient (Wildman–Crippen LogP) is 15.3. The van der Waals surface area contributed by atoms with Crippen LogP contribution in [-0.4, -0.2) is 193 Å². The van der Waals surface area contributed by atoms with Crippen LogP contribution in [0.1, 0.15) is 328 Å². The first kappa shape index (κ1) is 97.2. The summed E-state index contributed by atoms with van der Waals surface area (Å²) in [5.41, 5.74) is 0. The summed E-state index contributed by atoms with van der Waals surface area (Å²) in [7, 11) is 0. The lowest BCUT2D eigenvalue weighted by atomic mass is 9.96. The fourth-order valence-electron chi connectivity index (χ4n) is 14.1. The Morgan fingerprint density at radius 2 is 0.660 bits per heavy atom. The van der Waals surface area contributed by atoms with Gasteiger partial charge in [0.1, 0.15) is 73.2 Å². The fraction of sp³-hybridized carbons (Fsp3) is 0.828. The number of amides is 1. The average molecular weight is 1500 g/mol. The highest BCUT2D eigenvalue weighted by Crippen LogP contribution is 2.33. The number of hydrogen-bond donors (Lipinski definition) is 12. The van der Waals surface area contributed by atoms with Gasteiger partial charge in [-0.15, -0.1) is 0 Å². The molecule has 0 aromatic heterocycles. The van der Waals surface area contributed by atoms with E-state index in [9.17, 15) is 61.0 Å². The Morgan fingerprint density at radius 1 is 0.349 bits per heavy atom. The number of ether oxygens (including phenoxy) is 6. The molecular formula is C87H155NO18. The molecule has 19 heteroatoms. The first-order chi connectivity index (χ1) is 51.8. The third-order valence-corrected chi connectivity index (χ3v) is 20.9. The number of allylic oxidation sites excluding steroid dienone is 13. The number of nitrogens with one attached hydrogen (secondary N) is 1. The van der Waals surface area contributed by atoms with Gasteiger partial charge in [0.2, 0.25) is 5.91 Å². The molecule has 0 aromatic rings. The van der Waals surface area contributed by atoms with Crippen molar-refractivity contribution in [2.24, 2.45) is 0 Å². The molecule has 3 heterocycles. The van der Waals surface area contributed by atoms with E-state index in [1.165, 1.54) is 225 Å². The second-order valence-corrected chi connectivity index (χ2v) is 30.2. The lowest BCUT2D eigenvalue weighted by Gasteiger charge is -2.48. The molecule has 17 atom stereocenters. The zero-order valence-electron chi connectivity index (χ0n) is 66.2. The minimum absolute atomic E-state index is 0.230. The van der Waals surface area contributed by atoms with E-state index < -0.39 is 124 Å². The molecule has 3 fully saturated rings. The Bertz CT molecular complexity index is 2240. The molecule has 17 unspecified atom stereocenters. The van der Waals surface area contributed by atoms with E-state index in [0.29, 0.717) is 12.8 Å². The number of hydrogen-bond acceptors (Lipinski definition) is 18. The molecule has 0 radical (unpaired) electrons. The second kappa shape index (κ2) is 66.6. The number of carbonyl (C=O) groups excluding carboxylic acids is 1. The van der Waals surface area contributed by atoms with Crippen LogP contribution in [0, 0.1) is 0 Å². The Labute approximate surface area is 641 Å². The van der Waals surface area contributed by atoms with Gasteiger partial charge in [-0.1, -0.05) is 324 Å². The van der Waals surface area contributed by atoms with Crippen molar-refractivity contribution in [3.05, 3.63) is 85.1 Å². The molecule has 0 bridgehead atoms. The number of aliphatic hydroxyl groups is 11. The van der Waals surface area contributed by atoms with E-state index in [-0.39, 0.29) is 18.9 Å². The monoisotopic (exact) mass is 1500 g/mol. The van der Waals surface area contributed by atoms with Gasteiger partial charge in [0.05, 0.1) is 38.6 Å². The van der Waals surface area contributed by atoms with Crippen LogP contribution in [0.2, 0.25) is 0 Å². The summed E-state index contributed by atoms with van der Waals surface area (Å²) >= 11 is 0. The zero-order chi connectivity index (χ0) is 76.7. The summed E-state index contributed by atoms with van der Waals surface area (Å²) in [4.78, 5) is 13.5. The van der Waals surface area contributed by atoms with Crippen LogP contribution in [0.15, 0.2) is 85.1 Å². The van der Waals surface area contributed by atoms with Gasteiger partial charge in [0.25, 0.3) is 0 Å². The first-order valence-corrected chi connectivity index (χ1v) is 42.8. The number of unbranched alkanes of at least 4 members (excludes halogenated alkanes) is 40. The first-order valence-electron chi connectivity index (χ1n) is 42.8. The van der Waals surface area contributed by atoms with Gasteiger partial charge >= 0.3 is 0 Å². The molecule has 616 valence electrons. The van der Waals surface area contributed by atoms with Crippen LogP contribution in [0.5, 0.6) is 0 Å². The largest absolute Gasteiger partial charge is 0.394 e. The summed E-state index contributed by atoms with van der Waals surface area (Å²) in [5.74, 6) is -0.287. The highest BCUT2D eigenvalue weighted by atomic mass is 16.8. The third-order valence-electron chi connectivity index (χ3n) is 20.9. The maximum absolute atomic E-state index is 13.5. The fourth-order valence-corrected chi connectivity index (χ4v) is 14.1. The van der Waals surface area contributed by atoms with E-state index in [2.05, 4.69) is 92.1 Å². The van der Waals surface area contributed by atoms with Crippen molar-refractivity contribution in [2.45, 2.75) is 433 Å². The lowest BCUT2D eigenvalue weighted by Crippen LogP contribution is -2.66. The highest BCUT2D eigenvalue weighted by Gasteiger charge is 2.54. The quantitative estimate of drug-likeness (QED) is 0.0199. The van der Waals surface area contributed by atoms with Gasteiger partial charge in [-0.2, -0.15) is 0 Å². The van der Waals surface area contributed by atoms with Crippen molar-refractivity contribution in [3.63, 3.8) is 0 Å². The zero-order valence-corrected chi connectivity index (χ0v) is 66.2. The molecule has 12 N–H and O–H groups in total. The van der Waals surface area contributed by atoms with Crippen LogP contribution in [0.25, 0.3) is 0 Å². The number of carbonyl (C=O) groups is 1. The van der Waals surface area contributed by atoms with Crippen molar-refractivity contribution in [1.82, 2.24) is 5.32 Å². The molecule has 1 amide bonds. The van der Waals surface area contributed by atoms with E-state index in [4.69, 9.17) is 28.4 Å². The summed E-state index contributed by atoms with van der Waals surface area (Å²) in [6, 6.07) is -1.00. The minimum atomic E-state index is -1.99. The molecule has 3 saturated heterocycles. The van der Waals surface area contributed by atoms with Gasteiger partial charge in [-0.25, -0.2) is 0 Å². The van der Waals surface area contributed by atoms with Gasteiger partial charge in [-0.3, -0.25) is 4.79 Å². The smallest absolute Gasteiger partial charge is 0.220 e. The Hall–Kier alpha value is -3.03. The Morgan fingerprint density at radius 3 is 1.06 bits per heavy atom. The summed E-state index contributed by atoms with van der Waals surface area (Å²) in [6.45, 7) is 1.64. The maximum atomic E-state index is 13.5. The summed E-state index contributed by atoms with van der Waals surface area (Å²) in [5, 5.41) is 121. The molecule has 3 rings (SSSR count). The Kier molecular flexibility index (Phi) is 61.0. The molecular weight excluding hydrogens is 1350 g/mol. The average Bonchev–Trinajstić information content (AvgIpc) is 0.780. The van der Waals surface area contributed by atoms with Crippen LogP contribution in [0.4, 0.5) is 0 Å². The van der Waals surface area contributed by atoms with Gasteiger partial charge in [-0.05, 0) is 83.5 Å². The minimum Gasteiger partial charge on any atom is -0.394 e. The predicted molar refractivity (Wildman–Crippen MR) is 424 cm³/mol. The van der Waals surface area contributed by atoms with Crippen LogP contribution in [-0.2, 0) is 33.2 Å². The van der Waals surface area contributed by atoms with E-state index >= 15 is 0 Å². The number of rotatable bonds is 68. The molecule has 0 aromatic carbocycles. The molecule has 106 heavy (non-hydrogen) atoms. The normalized spacial score (nSPS) is 26.1. The molecule has 0 saturated carbocycles. The topological polar surface area (TPSA) is 307 Å². The maximum Gasteiger partial charge on any atom is 0.220 e. The number of aliphatic hydroxyl groups excluding tert-OH is 11. The van der Waals surface area contributed by atoms with Crippen LogP contribution in [0.3, 0.4) is 0 Å². The van der Waals surface area contributed by atoms with Gasteiger partial charge < -0.3 is 89.9 Å². The van der Waals surface area contributed by atoms with Crippen molar-refractivity contribution < 1.29 is 89.4 Å². The summed E-state index contributed by atoms with van der Waals surface area (Å²) in [6.07, 6.45) is 63.0. The molecule has 0 aliphatic carbocycles. The van der Waals surface area contributed by atoms with E-state index in [0.717, 1.165) is 70.6 Å². The van der Waals surface area contributed by atoms with Crippen molar-refractivity contribution in [1.29, 1.82) is 0 Å². The van der Waals surface area contributed by atoms with Crippen LogP contribution < -0.4 is 5.32 Å². The molecule has 19 nitrogen and oxygen atoms in total. The van der Waals surface area contributed by atoms with E-state index in [1.807, 2.05) is 6.08 Å². The highest BCUT2D eigenvalue weighted by molar-refractivity contribution is 5.76. The molecule has 0 spiro atoms. The second-order valence-electron chi connectivity index (χ2n) is 30.2. The standard InChI is InChI=1S/C87H155NO18/c1-3-5-7-9-11-13-15-17-19-21-23-25-27-29-31-33-35-37-39-41-43-45-47-49-51-53-55-57-59-61-63-65-75(93)88-70(71(92)64-62-60-58-56-54-52-50-48-46-44-42-40-38-36-34-32-30-28-26-24-22-20-18-16-14-12-10-8-6-4-2)69-101-85-81(99)78(96)83(73(67-90)103-85)106-87-82(100)79(97)84(74(68-91)104-87)105-86-80(98)77(95)76(94)72(66-89)102-86/h5,7,11,13,17,19,23,25,46,48,54,56,62,64,70-74,76-87,89-92,94-100H,3-4,6,8-10,12,14-16,18,20-22,24,26-45,47,49-53,55,57-61,63,65-69H2,1-2H3,(H,88,93)/b7-5-,13-11-,19-17-,25-23-,48-46+,56-54+,64-62+. The molecule has 3 aliphatic rings. The van der Waals surface area contributed by atoms with Crippen molar-refractivity contribution in [2.75, 3.05) is 26.4 Å². The van der Waals surface area contributed by atoms with Crippen molar-refractivity contribution >= 4 is 5.91 Å².